The first-order chi connectivity index (χ1) is 3.92. The Kier molecular flexibility index (Phi) is 3.30. The fraction of sp³-hybridized carbons (Fsp3) is 1.00. The van der Waals surface area contributed by atoms with Crippen LogP contribution in [-0.2, 0) is 0 Å². The molecule has 0 aliphatic rings. The monoisotopic (exact) mass is 152 g/mol. The molecule has 0 unspecified atom stereocenters. The minimum atomic E-state index is -4.01. The molecule has 0 aliphatic carbocycles. The van der Waals surface area contributed by atoms with E-state index in [-0.39, 0.29) is 6.04 Å². The fourth-order valence-electron chi connectivity index (χ4n) is 0.431. The van der Waals surface area contributed by atoms with Crippen LogP contribution in [0.1, 0.15) is 0 Å². The van der Waals surface area contributed by atoms with E-state index in [2.05, 4.69) is 0 Å². The van der Waals surface area contributed by atoms with Crippen molar-refractivity contribution in [2.24, 2.45) is 0 Å². The third-order valence-electron chi connectivity index (χ3n) is 0.964. The van der Waals surface area contributed by atoms with Gasteiger partial charge in [-0.3, -0.25) is 0 Å². The standard InChI is InChI=1S/C4H14NO3Si/c1-5(2)3-4-9(6,7)8/h6-9H,3-4H2,1-2H3/q-1. The zero-order chi connectivity index (χ0) is 7.49. The third-order valence-corrected chi connectivity index (χ3v) is 2.00. The van der Waals surface area contributed by atoms with Crippen LogP contribution >= 0.6 is 0 Å². The summed E-state index contributed by atoms with van der Waals surface area (Å²) in [6.45, 7) is 0.522. The molecule has 0 aliphatic heterocycles. The van der Waals surface area contributed by atoms with Crippen LogP contribution in [0, 0.1) is 0 Å². The Hall–Kier alpha value is 0.0569. The molecule has 5 heteroatoms. The van der Waals surface area contributed by atoms with Gasteiger partial charge in [-0.15, -0.1) is 0 Å². The second-order valence-corrected chi connectivity index (χ2v) is 4.85. The molecule has 0 aromatic rings. The van der Waals surface area contributed by atoms with Crippen LogP contribution in [0.25, 0.3) is 0 Å². The van der Waals surface area contributed by atoms with E-state index in [9.17, 15) is 0 Å². The number of hydrogen-bond donors (Lipinski definition) is 3. The average molecular weight is 152 g/mol. The van der Waals surface area contributed by atoms with Crippen molar-refractivity contribution >= 4 is 8.80 Å². The summed E-state index contributed by atoms with van der Waals surface area (Å²) in [7, 11) is -0.392. The molecular formula is C4H14NO3Si-. The Bertz CT molecular complexity index is 80.4. The molecule has 0 radical (unpaired) electrons. The van der Waals surface area contributed by atoms with E-state index in [4.69, 9.17) is 14.4 Å². The molecular weight excluding hydrogens is 138 g/mol. The molecule has 0 aromatic carbocycles. The molecule has 0 fully saturated rings. The molecule has 3 N–H and O–H groups in total. The van der Waals surface area contributed by atoms with E-state index in [0.717, 1.165) is 0 Å². The molecule has 0 rings (SSSR count). The first-order valence-corrected chi connectivity index (χ1v) is 5.26. The van der Waals surface area contributed by atoms with Crippen LogP contribution in [0.2, 0.25) is 6.04 Å². The summed E-state index contributed by atoms with van der Waals surface area (Å²) in [6, 6.07) is 0.111. The molecule has 0 amide bonds. The van der Waals surface area contributed by atoms with E-state index < -0.39 is 8.80 Å². The predicted molar refractivity (Wildman–Crippen MR) is 37.2 cm³/mol. The normalized spacial score (nSPS) is 14.4. The van der Waals surface area contributed by atoms with Gasteiger partial charge >= 0.3 is 54.8 Å². The minimum absolute atomic E-state index is 0.111. The zero-order valence-electron chi connectivity index (χ0n) is 5.78. The summed E-state index contributed by atoms with van der Waals surface area (Å²) < 4.78 is 0. The van der Waals surface area contributed by atoms with Gasteiger partial charge in [-0.2, -0.15) is 0 Å². The quantitative estimate of drug-likeness (QED) is 0.417. The van der Waals surface area contributed by atoms with E-state index in [0.29, 0.717) is 6.54 Å². The van der Waals surface area contributed by atoms with Crippen LogP contribution in [0.4, 0.5) is 0 Å². The number of nitrogens with zero attached hydrogens (tertiary/aromatic N) is 1. The van der Waals surface area contributed by atoms with Gasteiger partial charge in [0.2, 0.25) is 0 Å². The van der Waals surface area contributed by atoms with Crippen molar-refractivity contribution in [3.8, 4) is 0 Å². The van der Waals surface area contributed by atoms with Gasteiger partial charge in [-0.25, -0.2) is 0 Å². The third kappa shape index (κ3) is 8.06. The van der Waals surface area contributed by atoms with Crippen LogP contribution in [-0.4, -0.2) is 48.7 Å². The summed E-state index contributed by atoms with van der Waals surface area (Å²) >= 11 is 0. The molecule has 0 heterocycles. The first-order valence-electron chi connectivity index (χ1n) is 2.89. The second-order valence-electron chi connectivity index (χ2n) is 2.49. The summed E-state index contributed by atoms with van der Waals surface area (Å²) in [6.07, 6.45) is 0. The van der Waals surface area contributed by atoms with Crippen molar-refractivity contribution in [2.75, 3.05) is 20.6 Å². The van der Waals surface area contributed by atoms with Crippen LogP contribution in [0.3, 0.4) is 0 Å². The Labute approximate surface area is 55.7 Å². The second kappa shape index (κ2) is 3.28. The summed E-state index contributed by atoms with van der Waals surface area (Å²) in [5.74, 6) is 0. The van der Waals surface area contributed by atoms with Crippen molar-refractivity contribution in [1.82, 2.24) is 4.90 Å². The van der Waals surface area contributed by atoms with Crippen molar-refractivity contribution in [3.05, 3.63) is 0 Å². The van der Waals surface area contributed by atoms with Crippen LogP contribution < -0.4 is 0 Å². The molecule has 9 heavy (non-hydrogen) atoms. The van der Waals surface area contributed by atoms with Gasteiger partial charge in [0, 0.05) is 0 Å². The number of rotatable bonds is 3. The molecule has 4 nitrogen and oxygen atoms in total. The van der Waals surface area contributed by atoms with E-state index in [1.54, 1.807) is 4.90 Å². The van der Waals surface area contributed by atoms with Gasteiger partial charge < -0.3 is 0 Å². The summed E-state index contributed by atoms with van der Waals surface area (Å²) in [4.78, 5) is 27.3. The topological polar surface area (TPSA) is 63.9 Å². The van der Waals surface area contributed by atoms with Gasteiger partial charge in [0.25, 0.3) is 0 Å². The molecule has 0 saturated heterocycles. The molecule has 0 bridgehead atoms. The average Bonchev–Trinajstić information content (AvgIpc) is 1.59. The Morgan fingerprint density at radius 1 is 1.22 bits per heavy atom. The maximum atomic E-state index is 8.52. The molecule has 0 aromatic heterocycles. The molecule has 0 saturated carbocycles. The van der Waals surface area contributed by atoms with E-state index >= 15 is 0 Å². The zero-order valence-corrected chi connectivity index (χ0v) is 6.94. The summed E-state index contributed by atoms with van der Waals surface area (Å²) in [5.41, 5.74) is 0. The van der Waals surface area contributed by atoms with Gasteiger partial charge in [0.15, 0.2) is 0 Å². The maximum absolute atomic E-state index is 8.52. The van der Waals surface area contributed by atoms with Crippen molar-refractivity contribution in [2.45, 2.75) is 6.04 Å². The van der Waals surface area contributed by atoms with Gasteiger partial charge in [0.05, 0.1) is 0 Å². The Morgan fingerprint density at radius 3 is 1.78 bits per heavy atom. The van der Waals surface area contributed by atoms with Crippen LogP contribution in [0.5, 0.6) is 0 Å². The van der Waals surface area contributed by atoms with Crippen molar-refractivity contribution < 1.29 is 14.4 Å². The van der Waals surface area contributed by atoms with E-state index in [1.165, 1.54) is 0 Å². The number of hydrogen-bond acceptors (Lipinski definition) is 4. The van der Waals surface area contributed by atoms with Gasteiger partial charge in [-0.05, 0) is 0 Å². The Morgan fingerprint density at radius 2 is 1.67 bits per heavy atom. The molecule has 0 atom stereocenters. The molecule has 0 spiro atoms. The summed E-state index contributed by atoms with van der Waals surface area (Å²) in [5, 5.41) is 0. The van der Waals surface area contributed by atoms with Crippen molar-refractivity contribution in [1.29, 1.82) is 0 Å². The van der Waals surface area contributed by atoms with Gasteiger partial charge in [0.1, 0.15) is 0 Å². The predicted octanol–water partition coefficient (Wildman–Crippen LogP) is -1.80. The Balaban J connectivity index is 3.28. The molecule has 58 valence electrons. The van der Waals surface area contributed by atoms with Crippen molar-refractivity contribution in [3.63, 3.8) is 0 Å². The fourth-order valence-corrected chi connectivity index (χ4v) is 1.29. The SMILES string of the molecule is CN(C)CC[SiH-](O)(O)O. The first kappa shape index (κ1) is 9.06. The van der Waals surface area contributed by atoms with Gasteiger partial charge in [-0.1, -0.05) is 0 Å². The van der Waals surface area contributed by atoms with Crippen LogP contribution in [0.15, 0.2) is 0 Å². The van der Waals surface area contributed by atoms with E-state index in [1.807, 2.05) is 14.1 Å².